The monoisotopic (exact) mass is 499 g/mol. The molecule has 3 rings (SSSR count). The quantitative estimate of drug-likeness (QED) is 0.218. The van der Waals surface area contributed by atoms with Crippen molar-refractivity contribution in [1.82, 2.24) is 0 Å². The Bertz CT molecular complexity index is 1270. The van der Waals surface area contributed by atoms with Crippen molar-refractivity contribution >= 4 is 17.1 Å². The molecule has 0 aromatic heterocycles. The van der Waals surface area contributed by atoms with Crippen molar-refractivity contribution in [2.45, 2.75) is 5.92 Å². The van der Waals surface area contributed by atoms with E-state index in [-0.39, 0.29) is 39.7 Å². The van der Waals surface area contributed by atoms with Gasteiger partial charge in [0.1, 0.15) is 0 Å². The first-order chi connectivity index (χ1) is 17.2. The van der Waals surface area contributed by atoms with Crippen LogP contribution in [0.25, 0.3) is 0 Å². The molecule has 0 unspecified atom stereocenters. The molecule has 0 aliphatic rings. The lowest BCUT2D eigenvalue weighted by Crippen LogP contribution is -2.12. The third kappa shape index (κ3) is 4.66. The SMILES string of the molecule is COc1cc(C(c2ccccc2[N+](=O)[O-])c2cc(OC)c(OC)cc2[N+](=O)[O-])c([N+](=O)[O-])cc1OC. The number of nitro benzene ring substituents is 3. The summed E-state index contributed by atoms with van der Waals surface area (Å²) in [6.45, 7) is 0. The fourth-order valence-corrected chi connectivity index (χ4v) is 3.95. The molecule has 0 saturated carbocycles. The Morgan fingerprint density at radius 3 is 1.28 bits per heavy atom. The first-order valence-electron chi connectivity index (χ1n) is 10.2. The molecule has 0 bridgehead atoms. The molecule has 0 N–H and O–H groups in total. The second kappa shape index (κ2) is 10.5. The number of hydrogen-bond donors (Lipinski definition) is 0. The highest BCUT2D eigenvalue weighted by Gasteiger charge is 2.37. The van der Waals surface area contributed by atoms with Crippen LogP contribution in [0.3, 0.4) is 0 Å². The van der Waals surface area contributed by atoms with Crippen molar-refractivity contribution in [3.63, 3.8) is 0 Å². The van der Waals surface area contributed by atoms with Crippen molar-refractivity contribution in [3.05, 3.63) is 95.6 Å². The Hall–Kier alpha value is -4.94. The van der Waals surface area contributed by atoms with Crippen molar-refractivity contribution < 1.29 is 33.7 Å². The van der Waals surface area contributed by atoms with Gasteiger partial charge in [0, 0.05) is 22.8 Å². The standard InChI is InChI=1S/C23H21N3O10/c1-33-19-9-14(17(25(29)30)11-21(19)35-3)23(13-7-5-6-8-16(13)24(27)28)15-10-20(34-2)22(36-4)12-18(15)26(31)32/h5-12,23H,1-4H3. The highest BCUT2D eigenvalue weighted by Crippen LogP contribution is 2.49. The second-order valence-electron chi connectivity index (χ2n) is 7.30. The van der Waals surface area contributed by atoms with Crippen LogP contribution < -0.4 is 18.9 Å². The van der Waals surface area contributed by atoms with Crippen LogP contribution in [0.15, 0.2) is 48.5 Å². The van der Waals surface area contributed by atoms with Gasteiger partial charge in [-0.2, -0.15) is 0 Å². The minimum Gasteiger partial charge on any atom is -0.493 e. The van der Waals surface area contributed by atoms with Gasteiger partial charge in [0.25, 0.3) is 17.1 Å². The maximum absolute atomic E-state index is 12.1. The Kier molecular flexibility index (Phi) is 7.52. The average molecular weight is 499 g/mol. The molecule has 36 heavy (non-hydrogen) atoms. The topological polar surface area (TPSA) is 166 Å². The summed E-state index contributed by atoms with van der Waals surface area (Å²) in [5.41, 5.74) is -1.58. The predicted molar refractivity (Wildman–Crippen MR) is 126 cm³/mol. The average Bonchev–Trinajstić information content (AvgIpc) is 2.87. The smallest absolute Gasteiger partial charge is 0.277 e. The molecule has 0 amide bonds. The summed E-state index contributed by atoms with van der Waals surface area (Å²) in [5.74, 6) is -1.10. The summed E-state index contributed by atoms with van der Waals surface area (Å²) in [5, 5.41) is 36.2. The van der Waals surface area contributed by atoms with E-state index in [0.29, 0.717) is 0 Å². The zero-order valence-corrected chi connectivity index (χ0v) is 19.6. The molecule has 0 heterocycles. The molecular weight excluding hydrogens is 478 g/mol. The summed E-state index contributed by atoms with van der Waals surface area (Å²) < 4.78 is 21.0. The van der Waals surface area contributed by atoms with Crippen molar-refractivity contribution in [3.8, 4) is 23.0 Å². The van der Waals surface area contributed by atoms with E-state index in [1.54, 1.807) is 0 Å². The van der Waals surface area contributed by atoms with Gasteiger partial charge < -0.3 is 18.9 Å². The van der Waals surface area contributed by atoms with E-state index in [1.807, 2.05) is 0 Å². The van der Waals surface area contributed by atoms with Gasteiger partial charge in [-0.15, -0.1) is 0 Å². The fourth-order valence-electron chi connectivity index (χ4n) is 3.95. The molecule has 0 aliphatic carbocycles. The lowest BCUT2D eigenvalue weighted by molar-refractivity contribution is -0.387. The van der Waals surface area contributed by atoms with Crippen molar-refractivity contribution in [2.75, 3.05) is 28.4 Å². The zero-order chi connectivity index (χ0) is 26.6. The molecule has 3 aromatic carbocycles. The first kappa shape index (κ1) is 25.7. The molecule has 0 radical (unpaired) electrons. The normalized spacial score (nSPS) is 10.6. The molecule has 0 spiro atoms. The third-order valence-electron chi connectivity index (χ3n) is 5.53. The fraction of sp³-hybridized carbons (Fsp3) is 0.217. The van der Waals surface area contributed by atoms with Crippen molar-refractivity contribution in [2.24, 2.45) is 0 Å². The van der Waals surface area contributed by atoms with E-state index in [0.717, 1.165) is 12.1 Å². The highest BCUT2D eigenvalue weighted by atomic mass is 16.6. The van der Waals surface area contributed by atoms with E-state index >= 15 is 0 Å². The Morgan fingerprint density at radius 1 is 0.556 bits per heavy atom. The molecule has 0 atom stereocenters. The number of ether oxygens (including phenoxy) is 4. The Balaban J connectivity index is 2.55. The van der Waals surface area contributed by atoms with Crippen LogP contribution >= 0.6 is 0 Å². The van der Waals surface area contributed by atoms with Crippen LogP contribution in [0.5, 0.6) is 23.0 Å². The van der Waals surface area contributed by atoms with Crippen LogP contribution in [0.2, 0.25) is 0 Å². The zero-order valence-electron chi connectivity index (χ0n) is 19.6. The minimum absolute atomic E-state index is 0.0202. The molecule has 0 fully saturated rings. The minimum atomic E-state index is -1.35. The summed E-state index contributed by atoms with van der Waals surface area (Å²) in [6, 6.07) is 10.3. The number of methoxy groups -OCH3 is 4. The van der Waals surface area contributed by atoms with Gasteiger partial charge >= 0.3 is 0 Å². The summed E-state index contributed by atoms with van der Waals surface area (Å²) in [4.78, 5) is 34.1. The van der Waals surface area contributed by atoms with Gasteiger partial charge in [0.2, 0.25) is 0 Å². The van der Waals surface area contributed by atoms with E-state index < -0.39 is 37.7 Å². The molecule has 13 heteroatoms. The summed E-state index contributed by atoms with van der Waals surface area (Å²) in [7, 11) is 5.21. The number of nitro groups is 3. The largest absolute Gasteiger partial charge is 0.493 e. The van der Waals surface area contributed by atoms with E-state index in [2.05, 4.69) is 0 Å². The van der Waals surface area contributed by atoms with Crippen molar-refractivity contribution in [1.29, 1.82) is 0 Å². The van der Waals surface area contributed by atoms with E-state index in [1.165, 1.54) is 64.8 Å². The van der Waals surface area contributed by atoms with Crippen LogP contribution in [0, 0.1) is 30.3 Å². The van der Waals surface area contributed by atoms with Gasteiger partial charge in [-0.25, -0.2) is 0 Å². The number of rotatable bonds is 10. The van der Waals surface area contributed by atoms with Gasteiger partial charge in [0.05, 0.1) is 61.3 Å². The number of para-hydroxylation sites is 1. The van der Waals surface area contributed by atoms with Gasteiger partial charge in [-0.05, 0) is 12.1 Å². The number of nitrogens with zero attached hydrogens (tertiary/aromatic N) is 3. The Labute approximate surface area is 204 Å². The Morgan fingerprint density at radius 2 is 0.917 bits per heavy atom. The first-order valence-corrected chi connectivity index (χ1v) is 10.2. The van der Waals surface area contributed by atoms with Crippen LogP contribution in [0.1, 0.15) is 22.6 Å². The maximum atomic E-state index is 12.1. The van der Waals surface area contributed by atoms with Crippen LogP contribution in [0.4, 0.5) is 17.1 Å². The summed E-state index contributed by atoms with van der Waals surface area (Å²) >= 11 is 0. The van der Waals surface area contributed by atoms with E-state index in [9.17, 15) is 30.3 Å². The van der Waals surface area contributed by atoms with Crippen LogP contribution in [-0.2, 0) is 0 Å². The van der Waals surface area contributed by atoms with Gasteiger partial charge in [0.15, 0.2) is 23.0 Å². The molecule has 3 aromatic rings. The molecule has 0 saturated heterocycles. The summed E-state index contributed by atoms with van der Waals surface area (Å²) in [6.07, 6.45) is 0. The van der Waals surface area contributed by atoms with Gasteiger partial charge in [-0.1, -0.05) is 18.2 Å². The second-order valence-corrected chi connectivity index (χ2v) is 7.30. The number of benzene rings is 3. The van der Waals surface area contributed by atoms with Crippen LogP contribution in [-0.4, -0.2) is 43.2 Å². The van der Waals surface area contributed by atoms with Gasteiger partial charge in [-0.3, -0.25) is 30.3 Å². The molecule has 188 valence electrons. The highest BCUT2D eigenvalue weighted by molar-refractivity contribution is 5.67. The lowest BCUT2D eigenvalue weighted by Gasteiger charge is -2.21. The lowest BCUT2D eigenvalue weighted by atomic mass is 9.82. The van der Waals surface area contributed by atoms with E-state index in [4.69, 9.17) is 18.9 Å². The third-order valence-corrected chi connectivity index (χ3v) is 5.53. The maximum Gasteiger partial charge on any atom is 0.277 e. The molecule has 0 aliphatic heterocycles. The molecular formula is C23H21N3O10. The molecule has 13 nitrogen and oxygen atoms in total. The predicted octanol–water partition coefficient (Wildman–Crippen LogP) is 4.63. The number of hydrogen-bond acceptors (Lipinski definition) is 10.